The Morgan fingerprint density at radius 2 is 2.47 bits per heavy atom. The molecular weight excluding hydrogens is 240 g/mol. The van der Waals surface area contributed by atoms with Crippen molar-refractivity contribution in [2.45, 2.75) is 12.5 Å². The quantitative estimate of drug-likeness (QED) is 0.816. The first-order valence-corrected chi connectivity index (χ1v) is 6.27. The van der Waals surface area contributed by atoms with E-state index in [1.165, 1.54) is 0 Å². The molecule has 1 aromatic heterocycles. The fourth-order valence-electron chi connectivity index (χ4n) is 2.75. The molecular formula is C12H15ClN2O2. The Morgan fingerprint density at radius 3 is 3.29 bits per heavy atom. The Morgan fingerprint density at radius 1 is 1.59 bits per heavy atom. The minimum atomic E-state index is 0.175. The van der Waals surface area contributed by atoms with Crippen molar-refractivity contribution < 1.29 is 9.84 Å². The molecule has 3 rings (SSSR count). The van der Waals surface area contributed by atoms with Crippen LogP contribution in [0.1, 0.15) is 5.69 Å². The number of aliphatic hydroxyl groups is 1. The number of pyridine rings is 1. The molecule has 0 bridgehead atoms. The number of ether oxygens (including phenoxy) is 1. The summed E-state index contributed by atoms with van der Waals surface area (Å²) in [5, 5.41) is 10.1. The standard InChI is InChI=1S/C12H15ClN2O2/c13-9-4-11-10(14-5-9)3-8(6-16)12-7-17-2-1-15(11)12/h4-5,8,12,16H,1-3,6-7H2. The molecule has 3 heterocycles. The first kappa shape index (κ1) is 11.3. The van der Waals surface area contributed by atoms with Crippen LogP contribution in [-0.4, -0.2) is 42.5 Å². The zero-order chi connectivity index (χ0) is 11.8. The molecule has 2 aliphatic rings. The van der Waals surface area contributed by atoms with Crippen LogP contribution in [0, 0.1) is 5.92 Å². The normalized spacial score (nSPS) is 27.5. The van der Waals surface area contributed by atoms with Gasteiger partial charge in [0.2, 0.25) is 0 Å². The second-order valence-electron chi connectivity index (χ2n) is 4.60. The summed E-state index contributed by atoms with van der Waals surface area (Å²) in [5.74, 6) is 0.205. The van der Waals surface area contributed by atoms with Crippen LogP contribution in [-0.2, 0) is 11.2 Å². The summed E-state index contributed by atoms with van der Waals surface area (Å²) in [6, 6.07) is 2.22. The molecule has 0 aliphatic carbocycles. The van der Waals surface area contributed by atoms with Crippen LogP contribution in [0.5, 0.6) is 0 Å². The number of hydrogen-bond donors (Lipinski definition) is 1. The third kappa shape index (κ3) is 1.90. The summed E-state index contributed by atoms with van der Waals surface area (Å²) in [6.45, 7) is 2.42. The fraction of sp³-hybridized carbons (Fsp3) is 0.583. The maximum Gasteiger partial charge on any atom is 0.0674 e. The van der Waals surface area contributed by atoms with Gasteiger partial charge in [0.15, 0.2) is 0 Å². The van der Waals surface area contributed by atoms with Gasteiger partial charge >= 0.3 is 0 Å². The highest BCUT2D eigenvalue weighted by Gasteiger charge is 2.36. The van der Waals surface area contributed by atoms with Crippen molar-refractivity contribution in [2.75, 3.05) is 31.3 Å². The molecule has 1 aromatic rings. The lowest BCUT2D eigenvalue weighted by Gasteiger charge is -2.45. The first-order valence-electron chi connectivity index (χ1n) is 5.89. The summed E-state index contributed by atoms with van der Waals surface area (Å²) in [7, 11) is 0. The molecule has 0 spiro atoms. The highest BCUT2D eigenvalue weighted by Crippen LogP contribution is 2.35. The van der Waals surface area contributed by atoms with Crippen molar-refractivity contribution in [2.24, 2.45) is 5.92 Å². The second-order valence-corrected chi connectivity index (χ2v) is 5.04. The molecule has 92 valence electrons. The van der Waals surface area contributed by atoms with E-state index >= 15 is 0 Å². The molecule has 1 fully saturated rings. The van der Waals surface area contributed by atoms with Crippen LogP contribution in [0.3, 0.4) is 0 Å². The Balaban J connectivity index is 2.02. The van der Waals surface area contributed by atoms with Crippen LogP contribution in [0.2, 0.25) is 5.02 Å². The van der Waals surface area contributed by atoms with Gasteiger partial charge in [-0.15, -0.1) is 0 Å². The zero-order valence-electron chi connectivity index (χ0n) is 9.47. The van der Waals surface area contributed by atoms with Gasteiger partial charge in [0.05, 0.1) is 35.7 Å². The van der Waals surface area contributed by atoms with Crippen molar-refractivity contribution in [3.8, 4) is 0 Å². The highest BCUT2D eigenvalue weighted by molar-refractivity contribution is 6.30. The van der Waals surface area contributed by atoms with Crippen molar-refractivity contribution in [1.29, 1.82) is 0 Å². The number of aromatic nitrogens is 1. The summed E-state index contributed by atoms with van der Waals surface area (Å²) in [4.78, 5) is 6.66. The maximum atomic E-state index is 9.47. The lowest BCUT2D eigenvalue weighted by atomic mass is 9.88. The Labute approximate surface area is 105 Å². The Bertz CT molecular complexity index is 427. The van der Waals surface area contributed by atoms with E-state index < -0.39 is 0 Å². The third-order valence-electron chi connectivity index (χ3n) is 3.62. The molecule has 0 aromatic carbocycles. The predicted octanol–water partition coefficient (Wildman–Crippen LogP) is 1.10. The minimum Gasteiger partial charge on any atom is -0.396 e. The molecule has 0 radical (unpaired) electrons. The molecule has 4 nitrogen and oxygen atoms in total. The topological polar surface area (TPSA) is 45.6 Å². The van der Waals surface area contributed by atoms with E-state index in [2.05, 4.69) is 9.88 Å². The summed E-state index contributed by atoms with van der Waals surface area (Å²) in [6.07, 6.45) is 2.48. The molecule has 2 unspecified atom stereocenters. The van der Waals surface area contributed by atoms with Crippen molar-refractivity contribution in [3.63, 3.8) is 0 Å². The molecule has 0 saturated carbocycles. The smallest absolute Gasteiger partial charge is 0.0674 e. The van der Waals surface area contributed by atoms with Crippen molar-refractivity contribution >= 4 is 17.3 Å². The van der Waals surface area contributed by atoms with Crippen molar-refractivity contribution in [1.82, 2.24) is 4.98 Å². The predicted molar refractivity (Wildman–Crippen MR) is 65.5 cm³/mol. The number of nitrogens with zero attached hydrogens (tertiary/aromatic N) is 2. The van der Waals surface area contributed by atoms with Gasteiger partial charge in [-0.2, -0.15) is 0 Å². The molecule has 2 aliphatic heterocycles. The van der Waals surface area contributed by atoms with Gasteiger partial charge in [-0.1, -0.05) is 11.6 Å². The zero-order valence-corrected chi connectivity index (χ0v) is 10.2. The molecule has 1 N–H and O–H groups in total. The lowest BCUT2D eigenvalue weighted by Crippen LogP contribution is -2.54. The fourth-order valence-corrected chi connectivity index (χ4v) is 2.90. The third-order valence-corrected chi connectivity index (χ3v) is 3.83. The average Bonchev–Trinajstić information content (AvgIpc) is 2.38. The number of halogens is 1. The number of anilines is 1. The van der Waals surface area contributed by atoms with Gasteiger partial charge in [-0.05, 0) is 12.5 Å². The molecule has 0 amide bonds. The summed E-state index contributed by atoms with van der Waals surface area (Å²) >= 11 is 6.01. The SMILES string of the molecule is OCC1Cc2ncc(Cl)cc2N2CCOCC12. The molecule has 17 heavy (non-hydrogen) atoms. The van der Waals surface area contributed by atoms with Gasteiger partial charge < -0.3 is 14.7 Å². The van der Waals surface area contributed by atoms with Crippen molar-refractivity contribution in [3.05, 3.63) is 23.0 Å². The average molecular weight is 255 g/mol. The van der Waals surface area contributed by atoms with E-state index in [1.54, 1.807) is 6.20 Å². The summed E-state index contributed by atoms with van der Waals surface area (Å²) in [5.41, 5.74) is 2.14. The van der Waals surface area contributed by atoms with E-state index in [0.29, 0.717) is 11.6 Å². The van der Waals surface area contributed by atoms with E-state index in [-0.39, 0.29) is 18.6 Å². The van der Waals surface area contributed by atoms with Crippen LogP contribution in [0.15, 0.2) is 12.3 Å². The largest absolute Gasteiger partial charge is 0.396 e. The maximum absolute atomic E-state index is 9.47. The number of hydrogen-bond acceptors (Lipinski definition) is 4. The van der Waals surface area contributed by atoms with E-state index in [1.807, 2.05) is 6.07 Å². The summed E-state index contributed by atoms with van der Waals surface area (Å²) < 4.78 is 5.51. The second kappa shape index (κ2) is 4.44. The lowest BCUT2D eigenvalue weighted by molar-refractivity contribution is 0.0568. The molecule has 5 heteroatoms. The van der Waals surface area contributed by atoms with Gasteiger partial charge in [0.1, 0.15) is 0 Å². The van der Waals surface area contributed by atoms with Gasteiger partial charge in [-0.3, -0.25) is 4.98 Å². The molecule has 2 atom stereocenters. The number of aliphatic hydroxyl groups excluding tert-OH is 1. The van der Waals surface area contributed by atoms with E-state index in [0.717, 1.165) is 31.0 Å². The number of rotatable bonds is 1. The molecule has 1 saturated heterocycles. The van der Waals surface area contributed by atoms with Gasteiger partial charge in [-0.25, -0.2) is 0 Å². The van der Waals surface area contributed by atoms with Crippen LogP contribution in [0.4, 0.5) is 5.69 Å². The van der Waals surface area contributed by atoms with E-state index in [4.69, 9.17) is 16.3 Å². The van der Waals surface area contributed by atoms with Crippen LogP contribution < -0.4 is 4.90 Å². The monoisotopic (exact) mass is 254 g/mol. The van der Waals surface area contributed by atoms with Gasteiger partial charge in [0.25, 0.3) is 0 Å². The number of fused-ring (bicyclic) bond motifs is 3. The number of morpholine rings is 1. The Hall–Kier alpha value is -0.840. The first-order chi connectivity index (χ1) is 8.29. The van der Waals surface area contributed by atoms with Gasteiger partial charge in [0, 0.05) is 25.3 Å². The minimum absolute atomic E-state index is 0.175. The van der Waals surface area contributed by atoms with Crippen LogP contribution >= 0.6 is 11.6 Å². The van der Waals surface area contributed by atoms with Crippen LogP contribution in [0.25, 0.3) is 0 Å². The van der Waals surface area contributed by atoms with E-state index in [9.17, 15) is 5.11 Å². The highest BCUT2D eigenvalue weighted by atomic mass is 35.5. The Kier molecular flexibility index (Phi) is 2.94.